The maximum absolute atomic E-state index is 5.55. The van der Waals surface area contributed by atoms with Gasteiger partial charge in [0.2, 0.25) is 0 Å². The van der Waals surface area contributed by atoms with Crippen LogP contribution >= 0.6 is 43.5 Å². The van der Waals surface area contributed by atoms with Crippen LogP contribution in [0.3, 0.4) is 0 Å². The minimum atomic E-state index is 0. The third kappa shape index (κ3) is 15.4. The zero-order valence-corrected chi connectivity index (χ0v) is 20.8. The first-order valence-electron chi connectivity index (χ1n) is 7.03. The molecule has 0 saturated heterocycles. The summed E-state index contributed by atoms with van der Waals surface area (Å²) in [6, 6.07) is 9.39. The normalized spacial score (nSPS) is 8.22. The first-order chi connectivity index (χ1) is 11.4. The van der Waals surface area contributed by atoms with Crippen molar-refractivity contribution in [3.63, 3.8) is 0 Å². The summed E-state index contributed by atoms with van der Waals surface area (Å²) in [6.45, 7) is 5.98. The van der Waals surface area contributed by atoms with Crippen LogP contribution in [0.5, 0.6) is 0 Å². The Bertz CT molecular complexity index is 725. The Hall–Kier alpha value is -0.244. The van der Waals surface area contributed by atoms with Crippen molar-refractivity contribution in [1.82, 2.24) is 15.0 Å². The fourth-order valence-electron chi connectivity index (χ4n) is 1.36. The molecule has 0 radical (unpaired) electrons. The minimum Gasteiger partial charge on any atom is -1.00 e. The quantitative estimate of drug-likeness (QED) is 0.321. The number of hydrogen-bond acceptors (Lipinski definition) is 3. The molecular weight excluding hydrogens is 525 g/mol. The molecule has 0 amide bonds. The van der Waals surface area contributed by atoms with E-state index < -0.39 is 0 Å². The molecule has 3 aromatic rings. The summed E-state index contributed by atoms with van der Waals surface area (Å²) in [4.78, 5) is 11.8. The Balaban J connectivity index is -0.000000305. The predicted octanol–water partition coefficient (Wildman–Crippen LogP) is 3.41. The Kier molecular flexibility index (Phi) is 20.8. The minimum absolute atomic E-state index is 0. The van der Waals surface area contributed by atoms with Gasteiger partial charge in [0.15, 0.2) is 0 Å². The molecule has 3 rings (SSSR count). The van der Waals surface area contributed by atoms with E-state index in [0.29, 0.717) is 5.02 Å². The summed E-state index contributed by atoms with van der Waals surface area (Å²) in [7, 11) is 0. The van der Waals surface area contributed by atoms with Gasteiger partial charge in [0.25, 0.3) is 0 Å². The molecule has 0 spiro atoms. The van der Waals surface area contributed by atoms with Crippen molar-refractivity contribution >= 4 is 66.5 Å². The molecule has 0 aliphatic rings. The van der Waals surface area contributed by atoms with Crippen molar-refractivity contribution in [2.24, 2.45) is 0 Å². The van der Waals surface area contributed by atoms with Gasteiger partial charge >= 0.3 is 23.1 Å². The molecule has 0 aromatic carbocycles. The van der Waals surface area contributed by atoms with Gasteiger partial charge in [-0.2, -0.15) is 12.1 Å². The van der Waals surface area contributed by atoms with Crippen molar-refractivity contribution < 1.29 is 12.4 Å². The van der Waals surface area contributed by atoms with Crippen molar-refractivity contribution in [3.8, 4) is 0 Å². The fourth-order valence-corrected chi connectivity index (χ4v) is 2.15. The molecule has 0 bridgehead atoms. The molecule has 0 unspecified atom stereocenters. The third-order valence-corrected chi connectivity index (χ3v) is 3.89. The average Bonchev–Trinajstić information content (AvgIpc) is 2.56. The van der Waals surface area contributed by atoms with Crippen LogP contribution in [0.15, 0.2) is 57.9 Å². The second-order valence-electron chi connectivity index (χ2n) is 4.78. The number of pyridine rings is 3. The molecule has 27 heavy (non-hydrogen) atoms. The van der Waals surface area contributed by atoms with Gasteiger partial charge in [-0.1, -0.05) is 51.8 Å². The molecule has 0 aliphatic carbocycles. The topological polar surface area (TPSA) is 38.7 Å². The van der Waals surface area contributed by atoms with Crippen LogP contribution in [0.25, 0.3) is 0 Å². The largest absolute Gasteiger partial charge is 2.00 e. The van der Waals surface area contributed by atoms with Crippen molar-refractivity contribution in [2.75, 3.05) is 0 Å². The van der Waals surface area contributed by atoms with Crippen LogP contribution < -0.4 is 12.4 Å². The van der Waals surface area contributed by atoms with Crippen LogP contribution in [-0.4, -0.2) is 38.0 Å². The smallest absolute Gasteiger partial charge is 1.00 e. The van der Waals surface area contributed by atoms with Gasteiger partial charge in [0, 0.05) is 28.3 Å². The molecule has 0 N–H and O–H groups in total. The molecule has 0 fully saturated rings. The molecular formula is C19H21Br2Cl2MgN3. The Morgan fingerprint density at radius 1 is 0.926 bits per heavy atom. The summed E-state index contributed by atoms with van der Waals surface area (Å²) in [6.07, 6.45) is 7.79. The van der Waals surface area contributed by atoms with Gasteiger partial charge in [0.1, 0.15) is 0 Å². The number of nitrogens with zero attached hydrogens (tertiary/aromatic N) is 3. The summed E-state index contributed by atoms with van der Waals surface area (Å²) in [5.74, 6) is 0. The van der Waals surface area contributed by atoms with Crippen molar-refractivity contribution in [2.45, 2.75) is 28.2 Å². The van der Waals surface area contributed by atoms with Gasteiger partial charge in [-0.15, -0.1) is 0 Å². The third-order valence-electron chi connectivity index (χ3n) is 2.76. The Morgan fingerprint density at radius 3 is 1.93 bits per heavy atom. The van der Waals surface area contributed by atoms with Gasteiger partial charge in [-0.25, -0.2) is 0 Å². The summed E-state index contributed by atoms with van der Waals surface area (Å²) >= 11 is 12.1. The maximum Gasteiger partial charge on any atom is 2.00 e. The van der Waals surface area contributed by atoms with E-state index in [1.165, 1.54) is 5.56 Å². The molecule has 142 valence electrons. The predicted molar refractivity (Wildman–Crippen MR) is 119 cm³/mol. The van der Waals surface area contributed by atoms with Crippen LogP contribution in [0.2, 0.25) is 5.02 Å². The van der Waals surface area contributed by atoms with E-state index in [4.69, 9.17) is 11.6 Å². The van der Waals surface area contributed by atoms with Gasteiger partial charge < -0.3 is 17.4 Å². The average molecular weight is 546 g/mol. The first kappa shape index (κ1) is 31.5. The monoisotopic (exact) mass is 543 g/mol. The fraction of sp³-hybridized carbons (Fsp3) is 0.211. The SMILES string of the molecule is Brc1cc[c-]nc1.C.Cc1cc(Br)cnc1C.Cc1ccc(Cl)cn1.[Cl-].[Mg+2]. The number of halogens is 4. The number of rotatable bonds is 0. The van der Waals surface area contributed by atoms with Crippen molar-refractivity contribution in [1.29, 1.82) is 0 Å². The van der Waals surface area contributed by atoms with Gasteiger partial charge in [-0.05, 0) is 60.5 Å². The van der Waals surface area contributed by atoms with Crippen LogP contribution in [0.4, 0.5) is 0 Å². The molecule has 3 nitrogen and oxygen atoms in total. The summed E-state index contributed by atoms with van der Waals surface area (Å²) < 4.78 is 2.04. The van der Waals surface area contributed by atoms with E-state index in [9.17, 15) is 0 Å². The van der Waals surface area contributed by atoms with Gasteiger partial charge in [0.05, 0.1) is 5.02 Å². The second kappa shape index (κ2) is 17.8. The summed E-state index contributed by atoms with van der Waals surface area (Å²) in [5, 5.41) is 0.690. The zero-order chi connectivity index (χ0) is 17.9. The summed E-state index contributed by atoms with van der Waals surface area (Å²) in [5.41, 5.74) is 3.32. The molecule has 3 aromatic heterocycles. The number of aryl methyl sites for hydroxylation is 3. The van der Waals surface area contributed by atoms with E-state index in [0.717, 1.165) is 20.3 Å². The molecule has 8 heteroatoms. The van der Waals surface area contributed by atoms with Gasteiger partial charge in [-0.3, -0.25) is 9.97 Å². The number of aromatic nitrogens is 3. The van der Waals surface area contributed by atoms with E-state index >= 15 is 0 Å². The Morgan fingerprint density at radius 2 is 1.59 bits per heavy atom. The standard InChI is InChI=1S/C7H8BrN.C6H6ClN.C5H3BrN.CH4.ClH.Mg/c1-5-3-7(8)4-9-6(5)2;1-5-2-3-6(7)4-8-5;6-5-2-1-3-7-4-5;;;/h3-4H,1-2H3;2-4H,1H3;1-2,4H;1H4;1H;/q;;-1;;;+2/p-1. The van der Waals surface area contributed by atoms with Crippen molar-refractivity contribution in [3.05, 3.63) is 86.0 Å². The van der Waals surface area contributed by atoms with E-state index in [2.05, 4.69) is 59.1 Å². The zero-order valence-electron chi connectivity index (χ0n) is 14.7. The number of hydrogen-bond donors (Lipinski definition) is 0. The van der Waals surface area contributed by atoms with E-state index in [1.54, 1.807) is 18.5 Å². The van der Waals surface area contributed by atoms with Crippen LogP contribution in [-0.2, 0) is 0 Å². The molecule has 0 saturated carbocycles. The molecule has 0 aliphatic heterocycles. The van der Waals surface area contributed by atoms with Crippen LogP contribution in [0.1, 0.15) is 24.4 Å². The molecule has 0 atom stereocenters. The van der Waals surface area contributed by atoms with Crippen LogP contribution in [0, 0.1) is 27.0 Å². The van der Waals surface area contributed by atoms with E-state index in [1.807, 2.05) is 45.2 Å². The first-order valence-corrected chi connectivity index (χ1v) is 8.99. The molecule has 3 heterocycles. The maximum atomic E-state index is 5.55. The second-order valence-corrected chi connectivity index (χ2v) is 7.05. The Labute approximate surface area is 206 Å². The van der Waals surface area contributed by atoms with E-state index in [-0.39, 0.29) is 42.9 Å².